The molecule has 0 bridgehead atoms. The van der Waals surface area contributed by atoms with Crippen molar-refractivity contribution in [2.75, 3.05) is 29.9 Å². The first-order valence-electron chi connectivity index (χ1n) is 8.77. The molecule has 1 fully saturated rings. The minimum Gasteiger partial charge on any atom is -0.494 e. The maximum atomic E-state index is 12.3. The molecule has 1 aromatic heterocycles. The zero-order valence-corrected chi connectivity index (χ0v) is 14.7. The van der Waals surface area contributed by atoms with Crippen molar-refractivity contribution in [1.29, 1.82) is 0 Å². The highest BCUT2D eigenvalue weighted by Gasteiger charge is 2.19. The van der Waals surface area contributed by atoms with Crippen LogP contribution in [0.5, 0.6) is 5.75 Å². The molecule has 6 heteroatoms. The van der Waals surface area contributed by atoms with Gasteiger partial charge >= 0.3 is 0 Å². The molecule has 1 aliphatic rings. The number of ether oxygens (including phenoxy) is 1. The first kappa shape index (κ1) is 17.2. The Hall–Kier alpha value is -2.63. The van der Waals surface area contributed by atoms with E-state index in [2.05, 4.69) is 27.1 Å². The predicted octanol–water partition coefficient (Wildman–Crippen LogP) is 3.36. The Balaban J connectivity index is 1.62. The molecule has 1 amide bonds. The van der Waals surface area contributed by atoms with Crippen LogP contribution in [0, 0.1) is 5.92 Å². The first-order valence-corrected chi connectivity index (χ1v) is 8.77. The number of carbonyl (C=O) groups excluding carboxylic acids is 1. The number of benzene rings is 1. The molecule has 1 aromatic carbocycles. The molecular weight excluding hydrogens is 316 g/mol. The van der Waals surface area contributed by atoms with Gasteiger partial charge in [0.05, 0.1) is 12.2 Å². The SMILES string of the molecule is CCOc1ccc(NC(=O)c2cnc(N3CCCC(C)C3)nc2)cc1. The Morgan fingerprint density at radius 2 is 2.00 bits per heavy atom. The van der Waals surface area contributed by atoms with Crippen LogP contribution in [0.15, 0.2) is 36.7 Å². The van der Waals surface area contributed by atoms with Gasteiger partial charge in [-0.1, -0.05) is 6.92 Å². The van der Waals surface area contributed by atoms with Crippen LogP contribution in [-0.2, 0) is 0 Å². The summed E-state index contributed by atoms with van der Waals surface area (Å²) in [7, 11) is 0. The van der Waals surface area contributed by atoms with Gasteiger partial charge in [-0.05, 0) is 49.9 Å². The molecule has 25 heavy (non-hydrogen) atoms. The standard InChI is InChI=1S/C19H24N4O2/c1-3-25-17-8-6-16(7-9-17)22-18(24)15-11-20-19(21-12-15)23-10-4-5-14(2)13-23/h6-9,11-12,14H,3-5,10,13H2,1-2H3,(H,22,24). The summed E-state index contributed by atoms with van der Waals surface area (Å²) in [5.74, 6) is 1.91. The summed E-state index contributed by atoms with van der Waals surface area (Å²) in [4.78, 5) is 23.3. The summed E-state index contributed by atoms with van der Waals surface area (Å²) >= 11 is 0. The topological polar surface area (TPSA) is 67.3 Å². The summed E-state index contributed by atoms with van der Waals surface area (Å²) in [6.45, 7) is 6.74. The number of nitrogens with zero attached hydrogens (tertiary/aromatic N) is 3. The van der Waals surface area contributed by atoms with Gasteiger partial charge in [-0.15, -0.1) is 0 Å². The molecular formula is C19H24N4O2. The maximum Gasteiger partial charge on any atom is 0.258 e. The average molecular weight is 340 g/mol. The number of amides is 1. The molecule has 1 N–H and O–H groups in total. The van der Waals surface area contributed by atoms with Crippen molar-refractivity contribution in [3.8, 4) is 5.75 Å². The molecule has 2 heterocycles. The summed E-state index contributed by atoms with van der Waals surface area (Å²) in [6, 6.07) is 7.28. The molecule has 0 spiro atoms. The largest absolute Gasteiger partial charge is 0.494 e. The number of piperidine rings is 1. The van der Waals surface area contributed by atoms with Crippen LogP contribution in [0.25, 0.3) is 0 Å². The lowest BCUT2D eigenvalue weighted by Crippen LogP contribution is -2.35. The molecule has 2 aromatic rings. The Morgan fingerprint density at radius 3 is 2.64 bits per heavy atom. The number of nitrogens with one attached hydrogen (secondary N) is 1. The van der Waals surface area contributed by atoms with Crippen LogP contribution in [0.1, 0.15) is 37.0 Å². The van der Waals surface area contributed by atoms with Gasteiger partial charge in [0.15, 0.2) is 0 Å². The van der Waals surface area contributed by atoms with Gasteiger partial charge in [0.25, 0.3) is 5.91 Å². The lowest BCUT2D eigenvalue weighted by molar-refractivity contribution is 0.102. The fourth-order valence-corrected chi connectivity index (χ4v) is 2.98. The van der Waals surface area contributed by atoms with Gasteiger partial charge in [0, 0.05) is 31.2 Å². The lowest BCUT2D eigenvalue weighted by atomic mass is 10.0. The minimum absolute atomic E-state index is 0.220. The zero-order valence-electron chi connectivity index (χ0n) is 14.7. The van der Waals surface area contributed by atoms with E-state index in [1.54, 1.807) is 12.4 Å². The molecule has 6 nitrogen and oxygen atoms in total. The third kappa shape index (κ3) is 4.47. The van der Waals surface area contributed by atoms with Crippen molar-refractivity contribution < 1.29 is 9.53 Å². The van der Waals surface area contributed by atoms with Crippen LogP contribution >= 0.6 is 0 Å². The zero-order chi connectivity index (χ0) is 17.6. The van der Waals surface area contributed by atoms with Gasteiger partial charge in [-0.2, -0.15) is 0 Å². The Bertz CT molecular complexity index is 700. The van der Waals surface area contributed by atoms with Gasteiger partial charge in [0.2, 0.25) is 5.95 Å². The van der Waals surface area contributed by atoms with Crippen molar-refractivity contribution in [2.45, 2.75) is 26.7 Å². The number of rotatable bonds is 5. The quantitative estimate of drug-likeness (QED) is 0.904. The summed E-state index contributed by atoms with van der Waals surface area (Å²) in [6.07, 6.45) is 5.58. The van der Waals surface area contributed by atoms with E-state index in [9.17, 15) is 4.79 Å². The van der Waals surface area contributed by atoms with Crippen molar-refractivity contribution in [3.63, 3.8) is 0 Å². The fourth-order valence-electron chi connectivity index (χ4n) is 2.98. The summed E-state index contributed by atoms with van der Waals surface area (Å²) in [5.41, 5.74) is 1.16. The normalized spacial score (nSPS) is 17.2. The molecule has 1 saturated heterocycles. The van der Waals surface area contributed by atoms with Crippen LogP contribution < -0.4 is 15.0 Å². The van der Waals surface area contributed by atoms with E-state index >= 15 is 0 Å². The van der Waals surface area contributed by atoms with Crippen molar-refractivity contribution in [2.24, 2.45) is 5.92 Å². The van der Waals surface area contributed by atoms with E-state index in [0.717, 1.165) is 25.3 Å². The van der Waals surface area contributed by atoms with Gasteiger partial charge in [-0.25, -0.2) is 9.97 Å². The molecule has 1 unspecified atom stereocenters. The molecule has 3 rings (SSSR count). The van der Waals surface area contributed by atoms with Crippen LogP contribution in [0.4, 0.5) is 11.6 Å². The van der Waals surface area contributed by atoms with Crippen LogP contribution in [0.3, 0.4) is 0 Å². The number of aromatic nitrogens is 2. The lowest BCUT2D eigenvalue weighted by Gasteiger charge is -2.30. The third-order valence-electron chi connectivity index (χ3n) is 4.26. The van der Waals surface area contributed by atoms with Gasteiger partial charge in [-0.3, -0.25) is 4.79 Å². The molecule has 132 valence electrons. The van der Waals surface area contributed by atoms with E-state index in [0.29, 0.717) is 29.7 Å². The highest BCUT2D eigenvalue weighted by molar-refractivity contribution is 6.03. The Kier molecular flexibility index (Phi) is 5.48. The number of anilines is 2. The molecule has 0 aliphatic carbocycles. The molecule has 0 saturated carbocycles. The molecule has 1 atom stereocenters. The fraction of sp³-hybridized carbons (Fsp3) is 0.421. The summed E-state index contributed by atoms with van der Waals surface area (Å²) in [5, 5.41) is 2.85. The van der Waals surface area contributed by atoms with E-state index < -0.39 is 0 Å². The highest BCUT2D eigenvalue weighted by Crippen LogP contribution is 2.20. The number of hydrogen-bond donors (Lipinski definition) is 1. The first-order chi connectivity index (χ1) is 12.2. The second-order valence-electron chi connectivity index (χ2n) is 6.38. The van der Waals surface area contributed by atoms with Crippen molar-refractivity contribution >= 4 is 17.5 Å². The Morgan fingerprint density at radius 1 is 1.28 bits per heavy atom. The van der Waals surface area contributed by atoms with Crippen LogP contribution in [0.2, 0.25) is 0 Å². The smallest absolute Gasteiger partial charge is 0.258 e. The third-order valence-corrected chi connectivity index (χ3v) is 4.26. The average Bonchev–Trinajstić information content (AvgIpc) is 2.64. The monoisotopic (exact) mass is 340 g/mol. The molecule has 0 radical (unpaired) electrons. The van der Waals surface area contributed by atoms with Gasteiger partial charge < -0.3 is 15.0 Å². The Labute approximate surface area is 148 Å². The van der Waals surface area contributed by atoms with E-state index in [-0.39, 0.29) is 5.91 Å². The van der Waals surface area contributed by atoms with E-state index in [1.165, 1.54) is 6.42 Å². The van der Waals surface area contributed by atoms with E-state index in [4.69, 9.17) is 4.74 Å². The number of carbonyl (C=O) groups is 1. The molecule has 1 aliphatic heterocycles. The predicted molar refractivity (Wildman–Crippen MR) is 98.2 cm³/mol. The number of hydrogen-bond acceptors (Lipinski definition) is 5. The van der Waals surface area contributed by atoms with E-state index in [1.807, 2.05) is 31.2 Å². The minimum atomic E-state index is -0.220. The van der Waals surface area contributed by atoms with Crippen LogP contribution in [-0.4, -0.2) is 35.6 Å². The van der Waals surface area contributed by atoms with Crippen molar-refractivity contribution in [3.05, 3.63) is 42.2 Å². The van der Waals surface area contributed by atoms with Gasteiger partial charge in [0.1, 0.15) is 5.75 Å². The maximum absolute atomic E-state index is 12.3. The highest BCUT2D eigenvalue weighted by atomic mass is 16.5. The second kappa shape index (κ2) is 7.96. The van der Waals surface area contributed by atoms with Crippen molar-refractivity contribution in [1.82, 2.24) is 9.97 Å². The second-order valence-corrected chi connectivity index (χ2v) is 6.38. The summed E-state index contributed by atoms with van der Waals surface area (Å²) < 4.78 is 5.39.